The van der Waals surface area contributed by atoms with Gasteiger partial charge in [-0.05, 0) is 36.0 Å². The first kappa shape index (κ1) is 22.3. The third kappa shape index (κ3) is 6.04. The Hall–Kier alpha value is -2.42. The van der Waals surface area contributed by atoms with Crippen molar-refractivity contribution in [2.24, 2.45) is 5.14 Å². The van der Waals surface area contributed by atoms with Gasteiger partial charge in [0.2, 0.25) is 0 Å². The molecule has 1 saturated carbocycles. The zero-order valence-corrected chi connectivity index (χ0v) is 17.6. The van der Waals surface area contributed by atoms with E-state index in [1.807, 2.05) is 48.5 Å². The van der Waals surface area contributed by atoms with Gasteiger partial charge in [0.25, 0.3) is 0 Å². The van der Waals surface area contributed by atoms with Crippen LogP contribution in [0.2, 0.25) is 0 Å². The van der Waals surface area contributed by atoms with Crippen LogP contribution < -0.4 is 5.14 Å². The molecule has 3 N–H and O–H groups in total. The number of amides is 1. The molecule has 0 unspecified atom stereocenters. The van der Waals surface area contributed by atoms with Gasteiger partial charge in [-0.2, -0.15) is 8.42 Å². The van der Waals surface area contributed by atoms with Crippen molar-refractivity contribution in [2.45, 2.75) is 50.7 Å². The first-order valence-electron chi connectivity index (χ1n) is 10.2. The van der Waals surface area contributed by atoms with Gasteiger partial charge in [0, 0.05) is 6.54 Å². The smallest absolute Gasteiger partial charge is 0.408 e. The molecule has 0 radical (unpaired) electrons. The van der Waals surface area contributed by atoms with Crippen LogP contribution in [0.25, 0.3) is 0 Å². The number of hydrogen-bond acceptors (Lipinski definition) is 4. The summed E-state index contributed by atoms with van der Waals surface area (Å²) >= 11 is 0. The average Bonchev–Trinajstić information content (AvgIpc) is 2.73. The number of carbonyl (C=O) groups is 1. The first-order valence-corrected chi connectivity index (χ1v) is 11.7. The topological polar surface area (TPSA) is 110 Å². The van der Waals surface area contributed by atoms with E-state index in [0.717, 1.165) is 43.2 Å². The van der Waals surface area contributed by atoms with Crippen LogP contribution in [0.4, 0.5) is 4.79 Å². The molecule has 30 heavy (non-hydrogen) atoms. The van der Waals surface area contributed by atoms with Gasteiger partial charge in [0.05, 0.1) is 12.1 Å². The minimum absolute atomic E-state index is 0.168. The van der Waals surface area contributed by atoms with Crippen LogP contribution in [0.5, 0.6) is 0 Å². The molecule has 7 nitrogen and oxygen atoms in total. The number of nitrogens with two attached hydrogens (primary N) is 1. The van der Waals surface area contributed by atoms with E-state index < -0.39 is 16.4 Å². The monoisotopic (exact) mass is 432 g/mol. The average molecular weight is 433 g/mol. The van der Waals surface area contributed by atoms with Crippen molar-refractivity contribution in [3.8, 4) is 0 Å². The van der Waals surface area contributed by atoms with E-state index in [2.05, 4.69) is 10.2 Å². The van der Waals surface area contributed by atoms with Gasteiger partial charge in [-0.3, -0.25) is 9.08 Å². The molecule has 0 spiro atoms. The molecule has 2 aromatic carbocycles. The Morgan fingerprint density at radius 2 is 1.63 bits per heavy atom. The molecule has 2 aromatic rings. The number of hydrogen-bond donors (Lipinski definition) is 2. The van der Waals surface area contributed by atoms with Crippen LogP contribution in [-0.2, 0) is 20.9 Å². The van der Waals surface area contributed by atoms with Crippen LogP contribution >= 0.6 is 0 Å². The standard InChI is InChI=1S/C16H15NO2.C6H13NO3S/c18-16(19)17-11-10-12-6-4-5-9-14(12)15(17)13-7-2-1-3-8-13;7-11(8,9)10-6-4-2-1-3-5-6/h1-9,15H,10-11H2,(H,18,19);6H,1-5H2,(H2,7,8,9)/t15-;/m1./s1. The summed E-state index contributed by atoms with van der Waals surface area (Å²) in [5.41, 5.74) is 3.37. The summed E-state index contributed by atoms with van der Waals surface area (Å²) in [6.45, 7) is 0.548. The van der Waals surface area contributed by atoms with E-state index >= 15 is 0 Å². The molecule has 8 heteroatoms. The Balaban J connectivity index is 0.000000199. The summed E-state index contributed by atoms with van der Waals surface area (Å²) in [6.07, 6.45) is 4.64. The third-order valence-corrected chi connectivity index (χ3v) is 6.01. The molecule has 2 aliphatic rings. The Morgan fingerprint density at radius 3 is 2.27 bits per heavy atom. The second kappa shape index (κ2) is 10.1. The second-order valence-corrected chi connectivity index (χ2v) is 8.77. The predicted molar refractivity (Wildman–Crippen MR) is 114 cm³/mol. The molecule has 1 amide bonds. The lowest BCUT2D eigenvalue weighted by atomic mass is 9.88. The molecule has 4 rings (SSSR count). The van der Waals surface area contributed by atoms with Crippen molar-refractivity contribution >= 4 is 16.4 Å². The maximum atomic E-state index is 11.5. The van der Waals surface area contributed by atoms with Crippen molar-refractivity contribution < 1.29 is 22.5 Å². The number of fused-ring (bicyclic) bond motifs is 1. The zero-order valence-electron chi connectivity index (χ0n) is 16.8. The second-order valence-electron chi connectivity index (χ2n) is 7.59. The lowest BCUT2D eigenvalue weighted by molar-refractivity contribution is 0.129. The van der Waals surface area contributed by atoms with E-state index in [0.29, 0.717) is 6.54 Å². The van der Waals surface area contributed by atoms with E-state index in [1.165, 1.54) is 16.9 Å². The predicted octanol–water partition coefficient (Wildman–Crippen LogP) is 3.85. The SMILES string of the molecule is NS(=O)(=O)OC1CCCCC1.O=C(O)N1CCc2ccccc2[C@H]1c1ccccc1. The summed E-state index contributed by atoms with van der Waals surface area (Å²) in [5.74, 6) is 0. The molecule has 1 heterocycles. The highest BCUT2D eigenvalue weighted by molar-refractivity contribution is 7.84. The minimum Gasteiger partial charge on any atom is -0.465 e. The van der Waals surface area contributed by atoms with Crippen LogP contribution in [0, 0.1) is 0 Å². The Morgan fingerprint density at radius 1 is 1.00 bits per heavy atom. The molecular formula is C22H28N2O5S. The molecule has 0 aromatic heterocycles. The fourth-order valence-electron chi connectivity index (χ4n) is 4.12. The van der Waals surface area contributed by atoms with Gasteiger partial charge < -0.3 is 5.11 Å². The highest BCUT2D eigenvalue weighted by atomic mass is 32.2. The van der Waals surface area contributed by atoms with E-state index in [1.54, 1.807) is 0 Å². The summed E-state index contributed by atoms with van der Waals surface area (Å²) < 4.78 is 25.5. The summed E-state index contributed by atoms with van der Waals surface area (Å²) in [7, 11) is -3.72. The molecule has 162 valence electrons. The number of carboxylic acid groups (broad SMARTS) is 1. The molecule has 1 atom stereocenters. The molecule has 1 aliphatic heterocycles. The Kier molecular flexibility index (Phi) is 7.47. The lowest BCUT2D eigenvalue weighted by Gasteiger charge is -2.35. The molecule has 1 fully saturated rings. The highest BCUT2D eigenvalue weighted by Gasteiger charge is 2.31. The highest BCUT2D eigenvalue weighted by Crippen LogP contribution is 2.34. The Bertz CT molecular complexity index is 943. The summed E-state index contributed by atoms with van der Waals surface area (Å²) in [5, 5.41) is 14.1. The van der Waals surface area contributed by atoms with Crippen molar-refractivity contribution in [2.75, 3.05) is 6.54 Å². The first-order chi connectivity index (χ1) is 14.3. The van der Waals surface area contributed by atoms with Gasteiger partial charge in [-0.1, -0.05) is 73.9 Å². The number of nitrogens with zero attached hydrogens (tertiary/aromatic N) is 1. The van der Waals surface area contributed by atoms with Crippen LogP contribution in [0.3, 0.4) is 0 Å². The van der Waals surface area contributed by atoms with Gasteiger partial charge in [0.1, 0.15) is 0 Å². The van der Waals surface area contributed by atoms with Crippen LogP contribution in [-0.4, -0.2) is 37.2 Å². The van der Waals surface area contributed by atoms with E-state index in [-0.39, 0.29) is 12.1 Å². The quantitative estimate of drug-likeness (QED) is 0.765. The number of rotatable bonds is 3. The largest absolute Gasteiger partial charge is 0.465 e. The fourth-order valence-corrected chi connectivity index (χ4v) is 4.69. The molecular weight excluding hydrogens is 404 g/mol. The number of benzene rings is 2. The van der Waals surface area contributed by atoms with Crippen LogP contribution in [0.15, 0.2) is 54.6 Å². The minimum atomic E-state index is -3.72. The van der Waals surface area contributed by atoms with Gasteiger partial charge in [-0.25, -0.2) is 9.93 Å². The maximum Gasteiger partial charge on any atom is 0.408 e. The van der Waals surface area contributed by atoms with Gasteiger partial charge >= 0.3 is 16.4 Å². The maximum absolute atomic E-state index is 11.5. The van der Waals surface area contributed by atoms with E-state index in [9.17, 15) is 18.3 Å². The lowest BCUT2D eigenvalue weighted by Crippen LogP contribution is -2.39. The normalized spacial score (nSPS) is 19.4. The van der Waals surface area contributed by atoms with E-state index in [4.69, 9.17) is 5.14 Å². The van der Waals surface area contributed by atoms with Crippen LogP contribution in [0.1, 0.15) is 54.8 Å². The van der Waals surface area contributed by atoms with Crippen molar-refractivity contribution in [3.05, 3.63) is 71.3 Å². The van der Waals surface area contributed by atoms with Gasteiger partial charge in [0.15, 0.2) is 0 Å². The zero-order chi connectivity index (χ0) is 21.6. The summed E-state index contributed by atoms with van der Waals surface area (Å²) in [4.78, 5) is 13.0. The molecule has 0 bridgehead atoms. The summed E-state index contributed by atoms with van der Waals surface area (Å²) in [6, 6.07) is 17.7. The van der Waals surface area contributed by atoms with Crippen molar-refractivity contribution in [3.63, 3.8) is 0 Å². The van der Waals surface area contributed by atoms with Crippen molar-refractivity contribution in [1.29, 1.82) is 0 Å². The Labute approximate surface area is 177 Å². The third-order valence-electron chi connectivity index (χ3n) is 5.47. The fraction of sp³-hybridized carbons (Fsp3) is 0.409. The van der Waals surface area contributed by atoms with Gasteiger partial charge in [-0.15, -0.1) is 0 Å². The van der Waals surface area contributed by atoms with Crippen molar-refractivity contribution in [1.82, 2.24) is 4.90 Å². The molecule has 1 aliphatic carbocycles. The molecule has 0 saturated heterocycles.